The minimum Gasteiger partial charge on any atom is -0.389 e. The largest absolute Gasteiger partial charge is 0.389 e. The number of rotatable bonds is 2. The Hall–Kier alpha value is -0.170. The summed E-state index contributed by atoms with van der Waals surface area (Å²) in [6, 6.07) is 0. The molecule has 0 saturated carbocycles. The molecular formula is C12H24N2O3S. The number of nitrogens with zero attached hydrogens (tertiary/aromatic N) is 1. The Morgan fingerprint density at radius 1 is 1.28 bits per heavy atom. The van der Waals surface area contributed by atoms with E-state index in [0.29, 0.717) is 19.3 Å². The van der Waals surface area contributed by atoms with Gasteiger partial charge < -0.3 is 15.7 Å². The van der Waals surface area contributed by atoms with E-state index < -0.39 is 20.9 Å². The van der Waals surface area contributed by atoms with Gasteiger partial charge in [0.25, 0.3) is 0 Å². The summed E-state index contributed by atoms with van der Waals surface area (Å²) in [5.74, 6) is 0.221. The van der Waals surface area contributed by atoms with Crippen LogP contribution in [0.4, 0.5) is 0 Å². The highest BCUT2D eigenvalue weighted by Gasteiger charge is 2.55. The number of nitrogens with two attached hydrogens (primary N) is 1. The topological polar surface area (TPSA) is 83.6 Å². The molecule has 106 valence electrons. The van der Waals surface area contributed by atoms with Gasteiger partial charge in [-0.15, -0.1) is 0 Å². The first kappa shape index (κ1) is 14.2. The normalized spacial score (nSPS) is 41.7. The van der Waals surface area contributed by atoms with E-state index in [1.165, 1.54) is 0 Å². The molecule has 0 bridgehead atoms. The van der Waals surface area contributed by atoms with Crippen LogP contribution in [-0.4, -0.2) is 62.2 Å². The highest BCUT2D eigenvalue weighted by molar-refractivity contribution is 7.91. The van der Waals surface area contributed by atoms with Gasteiger partial charge in [0.05, 0.1) is 17.1 Å². The summed E-state index contributed by atoms with van der Waals surface area (Å²) in [5, 5.41) is 11.0. The van der Waals surface area contributed by atoms with Crippen molar-refractivity contribution >= 4 is 9.84 Å². The lowest BCUT2D eigenvalue weighted by atomic mass is 9.68. The summed E-state index contributed by atoms with van der Waals surface area (Å²) in [6.45, 7) is 2.01. The fourth-order valence-electron chi connectivity index (χ4n) is 3.42. The van der Waals surface area contributed by atoms with Crippen molar-refractivity contribution < 1.29 is 13.5 Å². The molecule has 5 nitrogen and oxygen atoms in total. The molecule has 2 fully saturated rings. The van der Waals surface area contributed by atoms with Gasteiger partial charge in [-0.25, -0.2) is 8.42 Å². The van der Waals surface area contributed by atoms with Gasteiger partial charge in [0.1, 0.15) is 0 Å². The molecule has 2 aliphatic heterocycles. The minimum absolute atomic E-state index is 0.0523. The van der Waals surface area contributed by atoms with E-state index in [2.05, 4.69) is 4.90 Å². The van der Waals surface area contributed by atoms with Crippen LogP contribution in [-0.2, 0) is 9.84 Å². The third kappa shape index (κ3) is 2.43. The maximum Gasteiger partial charge on any atom is 0.151 e. The van der Waals surface area contributed by atoms with Gasteiger partial charge >= 0.3 is 0 Å². The van der Waals surface area contributed by atoms with Crippen LogP contribution in [0.25, 0.3) is 0 Å². The fourth-order valence-corrected chi connectivity index (χ4v) is 5.64. The van der Waals surface area contributed by atoms with Crippen LogP contribution in [0, 0.1) is 5.41 Å². The molecule has 2 heterocycles. The molecule has 2 saturated heterocycles. The van der Waals surface area contributed by atoms with E-state index in [4.69, 9.17) is 5.73 Å². The van der Waals surface area contributed by atoms with Gasteiger partial charge in [-0.1, -0.05) is 0 Å². The number of hydrogen-bond donors (Lipinski definition) is 2. The molecule has 0 aliphatic carbocycles. The molecule has 18 heavy (non-hydrogen) atoms. The van der Waals surface area contributed by atoms with Crippen molar-refractivity contribution in [3.63, 3.8) is 0 Å². The average Bonchev–Trinajstić information content (AvgIpc) is 2.53. The number of hydrogen-bond acceptors (Lipinski definition) is 5. The van der Waals surface area contributed by atoms with Crippen LogP contribution in [0.15, 0.2) is 0 Å². The Bertz CT molecular complexity index is 412. The fraction of sp³-hybridized carbons (Fsp3) is 1.00. The Balaban J connectivity index is 2.26. The van der Waals surface area contributed by atoms with Gasteiger partial charge in [0.15, 0.2) is 9.84 Å². The Morgan fingerprint density at radius 3 is 2.56 bits per heavy atom. The quantitative estimate of drug-likeness (QED) is 0.717. The molecule has 2 rings (SSSR count). The third-order valence-corrected chi connectivity index (χ3v) is 6.62. The van der Waals surface area contributed by atoms with E-state index in [1.807, 2.05) is 7.05 Å². The highest BCUT2D eigenvalue weighted by atomic mass is 32.2. The molecule has 2 atom stereocenters. The second kappa shape index (κ2) is 4.74. The summed E-state index contributed by atoms with van der Waals surface area (Å²) in [7, 11) is -0.999. The second-order valence-electron chi connectivity index (χ2n) is 6.01. The minimum atomic E-state index is -3.03. The lowest BCUT2D eigenvalue weighted by Gasteiger charge is -2.43. The number of sulfone groups is 1. The van der Waals surface area contributed by atoms with Gasteiger partial charge in [0.2, 0.25) is 0 Å². The van der Waals surface area contributed by atoms with Crippen molar-refractivity contribution in [3.8, 4) is 0 Å². The molecule has 3 N–H and O–H groups in total. The van der Waals surface area contributed by atoms with Crippen molar-refractivity contribution in [2.75, 3.05) is 38.2 Å². The predicted molar refractivity (Wildman–Crippen MR) is 71.1 cm³/mol. The summed E-state index contributed by atoms with van der Waals surface area (Å²) in [5.41, 5.74) is 4.31. The molecule has 2 aliphatic rings. The third-order valence-electron chi connectivity index (χ3n) is 4.80. The first-order chi connectivity index (χ1) is 8.33. The first-order valence-electron chi connectivity index (χ1n) is 6.64. The van der Waals surface area contributed by atoms with Gasteiger partial charge in [-0.2, -0.15) is 0 Å². The average molecular weight is 276 g/mol. The number of aliphatic hydroxyl groups is 1. The Kier molecular flexibility index (Phi) is 3.75. The van der Waals surface area contributed by atoms with Crippen molar-refractivity contribution in [2.24, 2.45) is 11.1 Å². The van der Waals surface area contributed by atoms with Crippen LogP contribution in [0.2, 0.25) is 0 Å². The van der Waals surface area contributed by atoms with Crippen LogP contribution < -0.4 is 5.73 Å². The second-order valence-corrected chi connectivity index (χ2v) is 8.20. The van der Waals surface area contributed by atoms with Crippen LogP contribution >= 0.6 is 0 Å². The lowest BCUT2D eigenvalue weighted by molar-refractivity contribution is -0.0781. The summed E-state index contributed by atoms with van der Waals surface area (Å²) >= 11 is 0. The Morgan fingerprint density at radius 2 is 2.00 bits per heavy atom. The van der Waals surface area contributed by atoms with Crippen molar-refractivity contribution in [1.29, 1.82) is 0 Å². The van der Waals surface area contributed by atoms with E-state index >= 15 is 0 Å². The zero-order valence-corrected chi connectivity index (χ0v) is 11.9. The molecule has 0 aromatic rings. The van der Waals surface area contributed by atoms with E-state index in [-0.39, 0.29) is 18.1 Å². The summed E-state index contributed by atoms with van der Waals surface area (Å²) in [4.78, 5) is 2.19. The standard InChI is InChI=1S/C12H24N2O3S/c1-14-6-2-3-12(15,4-7-14)11(9-13)5-8-18(16,17)10-11/h15H,2-10,13H2,1H3. The van der Waals surface area contributed by atoms with E-state index in [0.717, 1.165) is 19.5 Å². The molecule has 0 aromatic heterocycles. The smallest absolute Gasteiger partial charge is 0.151 e. The molecular weight excluding hydrogens is 252 g/mol. The number of likely N-dealkylation sites (tertiary alicyclic amines) is 1. The van der Waals surface area contributed by atoms with Gasteiger partial charge in [-0.3, -0.25) is 0 Å². The van der Waals surface area contributed by atoms with Crippen molar-refractivity contribution in [3.05, 3.63) is 0 Å². The summed E-state index contributed by atoms with van der Waals surface area (Å²) in [6.07, 6.45) is 2.68. The molecule has 0 amide bonds. The van der Waals surface area contributed by atoms with Gasteiger partial charge in [0, 0.05) is 18.5 Å². The monoisotopic (exact) mass is 276 g/mol. The first-order valence-corrected chi connectivity index (χ1v) is 8.46. The van der Waals surface area contributed by atoms with E-state index in [9.17, 15) is 13.5 Å². The molecule has 6 heteroatoms. The molecule has 2 unspecified atom stereocenters. The van der Waals surface area contributed by atoms with Crippen LogP contribution in [0.5, 0.6) is 0 Å². The summed E-state index contributed by atoms with van der Waals surface area (Å²) < 4.78 is 23.5. The van der Waals surface area contributed by atoms with Crippen molar-refractivity contribution in [2.45, 2.75) is 31.3 Å². The highest BCUT2D eigenvalue weighted by Crippen LogP contribution is 2.46. The maximum absolute atomic E-state index is 11.8. The lowest BCUT2D eigenvalue weighted by Crippen LogP contribution is -2.54. The zero-order chi connectivity index (χ0) is 13.4. The van der Waals surface area contributed by atoms with Crippen LogP contribution in [0.3, 0.4) is 0 Å². The van der Waals surface area contributed by atoms with Gasteiger partial charge in [-0.05, 0) is 39.3 Å². The van der Waals surface area contributed by atoms with E-state index in [1.54, 1.807) is 0 Å². The Labute approximate surface area is 109 Å². The SMILES string of the molecule is CN1CCCC(O)(C2(CN)CCS(=O)(=O)C2)CC1. The van der Waals surface area contributed by atoms with Crippen LogP contribution in [0.1, 0.15) is 25.7 Å². The maximum atomic E-state index is 11.8. The molecule has 0 spiro atoms. The van der Waals surface area contributed by atoms with Crippen molar-refractivity contribution in [1.82, 2.24) is 4.90 Å². The zero-order valence-electron chi connectivity index (χ0n) is 11.1. The predicted octanol–water partition coefficient (Wildman–Crippen LogP) is -0.403. The molecule has 0 radical (unpaired) electrons. The molecule has 0 aromatic carbocycles.